The van der Waals surface area contributed by atoms with Crippen molar-refractivity contribution in [2.45, 2.75) is 19.9 Å². The molecule has 1 unspecified atom stereocenters. The van der Waals surface area contributed by atoms with Crippen LogP contribution in [0.3, 0.4) is 0 Å². The molecule has 6 nitrogen and oxygen atoms in total. The standard InChI is InChI=1S/C21H22ClN3O3/c1-14-12-18-19(28-14)6-7-25(21(18)27)15(2)20(26)24-10-8-23(9-11-24)17-5-3-4-16(22)13-17/h3-7,12-13,15H,8-11H2,1-2H3. The number of hydrogen-bond acceptors (Lipinski definition) is 4. The van der Waals surface area contributed by atoms with E-state index in [1.165, 1.54) is 4.57 Å². The van der Waals surface area contributed by atoms with Crippen molar-refractivity contribution in [2.24, 2.45) is 0 Å². The summed E-state index contributed by atoms with van der Waals surface area (Å²) < 4.78 is 6.99. The molecule has 3 aromatic rings. The largest absolute Gasteiger partial charge is 0.461 e. The molecule has 0 N–H and O–H groups in total. The van der Waals surface area contributed by atoms with Gasteiger partial charge >= 0.3 is 0 Å². The first-order valence-corrected chi connectivity index (χ1v) is 9.72. The number of piperazine rings is 1. The van der Waals surface area contributed by atoms with Crippen LogP contribution in [-0.2, 0) is 4.79 Å². The molecule has 7 heteroatoms. The molecule has 146 valence electrons. The molecule has 1 saturated heterocycles. The normalized spacial score (nSPS) is 15.8. The highest BCUT2D eigenvalue weighted by molar-refractivity contribution is 6.30. The SMILES string of the molecule is Cc1cc2c(=O)n(C(C)C(=O)N3CCN(c4cccc(Cl)c4)CC3)ccc2o1. The van der Waals surface area contributed by atoms with Crippen molar-refractivity contribution in [3.05, 3.63) is 63.7 Å². The Morgan fingerprint density at radius 3 is 2.61 bits per heavy atom. The average molecular weight is 400 g/mol. The molecule has 28 heavy (non-hydrogen) atoms. The highest BCUT2D eigenvalue weighted by Crippen LogP contribution is 2.22. The van der Waals surface area contributed by atoms with Crippen molar-refractivity contribution in [3.63, 3.8) is 0 Å². The van der Waals surface area contributed by atoms with Crippen LogP contribution in [0.25, 0.3) is 11.0 Å². The van der Waals surface area contributed by atoms with Crippen LogP contribution in [0.1, 0.15) is 18.7 Å². The van der Waals surface area contributed by atoms with Gasteiger partial charge in [-0.25, -0.2) is 0 Å². The van der Waals surface area contributed by atoms with Crippen molar-refractivity contribution in [1.82, 2.24) is 9.47 Å². The number of halogens is 1. The number of carbonyl (C=O) groups is 1. The third-order valence-electron chi connectivity index (χ3n) is 5.27. The molecule has 4 rings (SSSR count). The van der Waals surface area contributed by atoms with Crippen LogP contribution >= 0.6 is 11.6 Å². The Labute approximate surface area is 167 Å². The number of carbonyl (C=O) groups excluding carboxylic acids is 1. The fourth-order valence-electron chi connectivity index (χ4n) is 3.72. The average Bonchev–Trinajstić information content (AvgIpc) is 3.09. The second-order valence-electron chi connectivity index (χ2n) is 7.13. The van der Waals surface area contributed by atoms with Crippen LogP contribution in [0.4, 0.5) is 5.69 Å². The zero-order chi connectivity index (χ0) is 19.8. The molecular formula is C21H22ClN3O3. The lowest BCUT2D eigenvalue weighted by molar-refractivity contribution is -0.134. The lowest BCUT2D eigenvalue weighted by Crippen LogP contribution is -2.51. The Morgan fingerprint density at radius 1 is 1.14 bits per heavy atom. The fourth-order valence-corrected chi connectivity index (χ4v) is 3.91. The molecule has 3 heterocycles. The molecule has 0 aliphatic carbocycles. The Hall–Kier alpha value is -2.73. The van der Waals surface area contributed by atoms with E-state index in [2.05, 4.69) is 4.90 Å². The highest BCUT2D eigenvalue weighted by atomic mass is 35.5. The van der Waals surface area contributed by atoms with Crippen molar-refractivity contribution in [2.75, 3.05) is 31.1 Å². The number of aryl methyl sites for hydroxylation is 1. The van der Waals surface area contributed by atoms with Crippen molar-refractivity contribution >= 4 is 34.2 Å². The molecule has 1 aromatic carbocycles. The molecule has 1 fully saturated rings. The Kier molecular flexibility index (Phi) is 4.89. The summed E-state index contributed by atoms with van der Waals surface area (Å²) in [6.07, 6.45) is 1.64. The van der Waals surface area contributed by atoms with Crippen LogP contribution in [-0.4, -0.2) is 41.6 Å². The molecule has 1 amide bonds. The van der Waals surface area contributed by atoms with Gasteiger partial charge in [-0.3, -0.25) is 9.59 Å². The summed E-state index contributed by atoms with van der Waals surface area (Å²) in [5.74, 6) is 0.633. The molecule has 0 bridgehead atoms. The summed E-state index contributed by atoms with van der Waals surface area (Å²) in [6.45, 7) is 6.25. The van der Waals surface area contributed by atoms with E-state index in [-0.39, 0.29) is 11.5 Å². The number of nitrogens with zero attached hydrogens (tertiary/aromatic N) is 3. The second-order valence-corrected chi connectivity index (χ2v) is 7.57. The summed E-state index contributed by atoms with van der Waals surface area (Å²) in [7, 11) is 0. The van der Waals surface area contributed by atoms with Gasteiger partial charge in [-0.15, -0.1) is 0 Å². The molecule has 2 aromatic heterocycles. The van der Waals surface area contributed by atoms with Crippen LogP contribution in [0.15, 0.2) is 51.8 Å². The number of anilines is 1. The minimum atomic E-state index is -0.565. The second kappa shape index (κ2) is 7.36. The van der Waals surface area contributed by atoms with E-state index < -0.39 is 6.04 Å². The minimum Gasteiger partial charge on any atom is -0.461 e. The number of furan rings is 1. The predicted molar refractivity (Wildman–Crippen MR) is 110 cm³/mol. The van der Waals surface area contributed by atoms with E-state index >= 15 is 0 Å². The number of hydrogen-bond donors (Lipinski definition) is 0. The van der Waals surface area contributed by atoms with Gasteiger partial charge in [0.1, 0.15) is 17.4 Å². The number of benzene rings is 1. The summed E-state index contributed by atoms with van der Waals surface area (Å²) in [4.78, 5) is 29.8. The number of rotatable bonds is 3. The van der Waals surface area contributed by atoms with Crippen LogP contribution in [0, 0.1) is 6.92 Å². The summed E-state index contributed by atoms with van der Waals surface area (Å²) in [5, 5.41) is 1.21. The maximum atomic E-state index is 13.0. The Morgan fingerprint density at radius 2 is 1.89 bits per heavy atom. The van der Waals surface area contributed by atoms with E-state index in [0.717, 1.165) is 18.8 Å². The highest BCUT2D eigenvalue weighted by Gasteiger charge is 2.27. The van der Waals surface area contributed by atoms with Crippen LogP contribution in [0.2, 0.25) is 5.02 Å². The molecule has 1 aliphatic rings. The quantitative estimate of drug-likeness (QED) is 0.676. The van der Waals surface area contributed by atoms with Gasteiger partial charge in [-0.05, 0) is 44.2 Å². The molecule has 0 radical (unpaired) electrons. The van der Waals surface area contributed by atoms with Crippen molar-refractivity contribution < 1.29 is 9.21 Å². The third-order valence-corrected chi connectivity index (χ3v) is 5.51. The van der Waals surface area contributed by atoms with E-state index in [1.54, 1.807) is 32.2 Å². The minimum absolute atomic E-state index is 0.0487. The monoisotopic (exact) mass is 399 g/mol. The zero-order valence-electron chi connectivity index (χ0n) is 15.9. The van der Waals surface area contributed by atoms with Gasteiger partial charge in [0.25, 0.3) is 5.56 Å². The van der Waals surface area contributed by atoms with Crippen LogP contribution in [0.5, 0.6) is 0 Å². The summed E-state index contributed by atoms with van der Waals surface area (Å²) in [6, 6.07) is 10.6. The van der Waals surface area contributed by atoms with Crippen molar-refractivity contribution in [3.8, 4) is 0 Å². The lowest BCUT2D eigenvalue weighted by atomic mass is 10.2. The van der Waals surface area contributed by atoms with Gasteiger partial charge in [0, 0.05) is 43.1 Å². The van der Waals surface area contributed by atoms with E-state index in [9.17, 15) is 9.59 Å². The first kappa shape index (κ1) is 18.6. The number of pyridine rings is 1. The fraction of sp³-hybridized carbons (Fsp3) is 0.333. The molecule has 1 atom stereocenters. The molecular weight excluding hydrogens is 378 g/mol. The number of aromatic nitrogens is 1. The van der Waals surface area contributed by atoms with E-state index in [0.29, 0.717) is 34.8 Å². The number of fused-ring (bicyclic) bond motifs is 1. The Balaban J connectivity index is 1.48. The van der Waals surface area contributed by atoms with E-state index in [4.69, 9.17) is 16.0 Å². The lowest BCUT2D eigenvalue weighted by Gasteiger charge is -2.37. The zero-order valence-corrected chi connectivity index (χ0v) is 16.6. The topological polar surface area (TPSA) is 58.7 Å². The molecule has 0 spiro atoms. The first-order chi connectivity index (χ1) is 13.4. The Bertz CT molecular complexity index is 1080. The molecule has 1 aliphatic heterocycles. The number of amides is 1. The summed E-state index contributed by atoms with van der Waals surface area (Å²) in [5.41, 5.74) is 1.41. The van der Waals surface area contributed by atoms with Gasteiger partial charge in [-0.1, -0.05) is 17.7 Å². The predicted octanol–water partition coefficient (Wildman–Crippen LogP) is 3.47. The van der Waals surface area contributed by atoms with Gasteiger partial charge in [0.2, 0.25) is 5.91 Å². The van der Waals surface area contributed by atoms with Crippen LogP contribution < -0.4 is 10.5 Å². The smallest absolute Gasteiger partial charge is 0.262 e. The first-order valence-electron chi connectivity index (χ1n) is 9.34. The van der Waals surface area contributed by atoms with Gasteiger partial charge in [0.15, 0.2) is 0 Å². The van der Waals surface area contributed by atoms with E-state index in [1.807, 2.05) is 29.2 Å². The van der Waals surface area contributed by atoms with Gasteiger partial charge < -0.3 is 18.8 Å². The maximum absolute atomic E-state index is 13.0. The van der Waals surface area contributed by atoms with Gasteiger partial charge in [-0.2, -0.15) is 0 Å². The molecule has 0 saturated carbocycles. The van der Waals surface area contributed by atoms with Crippen molar-refractivity contribution in [1.29, 1.82) is 0 Å². The third kappa shape index (κ3) is 3.40. The summed E-state index contributed by atoms with van der Waals surface area (Å²) >= 11 is 6.08. The maximum Gasteiger partial charge on any atom is 0.262 e. The van der Waals surface area contributed by atoms with Gasteiger partial charge in [0.05, 0.1) is 5.39 Å².